The van der Waals surface area contributed by atoms with E-state index >= 15 is 0 Å². The van der Waals surface area contributed by atoms with E-state index in [1.54, 1.807) is 11.8 Å². The van der Waals surface area contributed by atoms with Gasteiger partial charge in [-0.05, 0) is 24.0 Å². The lowest BCUT2D eigenvalue weighted by molar-refractivity contribution is 1.02. The average Bonchev–Trinajstić information content (AvgIpc) is 2.05. The van der Waals surface area contributed by atoms with Crippen molar-refractivity contribution in [2.75, 3.05) is 6.26 Å². The molecule has 0 saturated carbocycles. The summed E-state index contributed by atoms with van der Waals surface area (Å²) in [4.78, 5) is 1.24. The molecule has 0 aliphatic rings. The summed E-state index contributed by atoms with van der Waals surface area (Å²) in [6.07, 6.45) is 2.04. The highest BCUT2D eigenvalue weighted by Crippen LogP contribution is 2.15. The van der Waals surface area contributed by atoms with Crippen molar-refractivity contribution in [3.05, 3.63) is 29.8 Å². The van der Waals surface area contributed by atoms with Crippen LogP contribution in [0.4, 0.5) is 0 Å². The first-order valence-corrected chi connectivity index (χ1v) is 4.37. The highest BCUT2D eigenvalue weighted by atomic mass is 32.2. The van der Waals surface area contributed by atoms with Crippen LogP contribution in [0.1, 0.15) is 5.56 Å². The van der Waals surface area contributed by atoms with Gasteiger partial charge in [-0.15, -0.1) is 11.8 Å². The maximum Gasteiger partial charge on any atom is 0.0351 e. The maximum absolute atomic E-state index is 7.11. The van der Waals surface area contributed by atoms with Crippen LogP contribution in [0, 0.1) is 0 Å². The summed E-state index contributed by atoms with van der Waals surface area (Å²) in [6.45, 7) is 0.383. The Hall–Kier alpha value is -0.470. The lowest BCUT2D eigenvalue weighted by atomic mass is 10.2. The smallest absolute Gasteiger partial charge is 0.0351 e. The fourth-order valence-corrected chi connectivity index (χ4v) is 1.27. The van der Waals surface area contributed by atoms with Gasteiger partial charge in [-0.2, -0.15) is 0 Å². The predicted octanol–water partition coefficient (Wildman–Crippen LogP) is 2.19. The van der Waals surface area contributed by atoms with Crippen molar-refractivity contribution in [2.45, 2.75) is 11.4 Å². The molecule has 0 heterocycles. The monoisotopic (exact) mass is 152 g/mol. The van der Waals surface area contributed by atoms with Crippen LogP contribution in [0.15, 0.2) is 29.2 Å². The Bertz CT molecular complexity index is 191. The van der Waals surface area contributed by atoms with Gasteiger partial charge in [0.05, 0.1) is 0 Å². The number of hydrogen-bond acceptors (Lipinski definition) is 1. The number of thioether (sulfide) groups is 1. The molecule has 53 valence electrons. The molecule has 0 bridgehead atoms. The van der Waals surface area contributed by atoms with Gasteiger partial charge in [0.15, 0.2) is 0 Å². The fourth-order valence-electron chi connectivity index (χ4n) is 0.782. The standard InChI is InChI=1S/C8H10NS/c1-10-8-4-2-3-7(5-8)6-9/h2-5,9H,6H2,1H3. The molecular formula is C8H10NS. The summed E-state index contributed by atoms with van der Waals surface area (Å²) >= 11 is 1.72. The van der Waals surface area contributed by atoms with E-state index in [0.717, 1.165) is 5.56 Å². The molecule has 0 saturated heterocycles. The molecule has 1 aromatic rings. The molecule has 1 rings (SSSR count). The number of nitrogens with one attached hydrogen (secondary N) is 1. The van der Waals surface area contributed by atoms with E-state index < -0.39 is 0 Å². The van der Waals surface area contributed by atoms with Crippen LogP contribution in [0.5, 0.6) is 0 Å². The third-order valence-electron chi connectivity index (χ3n) is 1.34. The van der Waals surface area contributed by atoms with Gasteiger partial charge in [-0.25, -0.2) is 0 Å². The normalized spacial score (nSPS) is 9.80. The van der Waals surface area contributed by atoms with Crippen LogP contribution in [0.25, 0.3) is 0 Å². The van der Waals surface area contributed by atoms with Gasteiger partial charge in [-0.3, -0.25) is 5.73 Å². The molecule has 0 aliphatic heterocycles. The minimum Gasteiger partial charge on any atom is -0.253 e. The molecule has 0 aromatic heterocycles. The van der Waals surface area contributed by atoms with Crippen molar-refractivity contribution in [1.82, 2.24) is 5.73 Å². The largest absolute Gasteiger partial charge is 0.253 e. The van der Waals surface area contributed by atoms with Crippen molar-refractivity contribution in [2.24, 2.45) is 0 Å². The van der Waals surface area contributed by atoms with E-state index in [1.807, 2.05) is 18.4 Å². The van der Waals surface area contributed by atoms with Crippen LogP contribution in [-0.4, -0.2) is 6.26 Å². The Kier molecular flexibility index (Phi) is 2.78. The van der Waals surface area contributed by atoms with Gasteiger partial charge in [0.2, 0.25) is 0 Å². The molecule has 0 fully saturated rings. The lowest BCUT2D eigenvalue weighted by Crippen LogP contribution is -1.83. The van der Waals surface area contributed by atoms with Crippen molar-refractivity contribution in [3.8, 4) is 0 Å². The van der Waals surface area contributed by atoms with Crippen molar-refractivity contribution in [3.63, 3.8) is 0 Å². The van der Waals surface area contributed by atoms with Gasteiger partial charge in [-0.1, -0.05) is 12.1 Å². The third kappa shape index (κ3) is 1.75. The zero-order chi connectivity index (χ0) is 7.40. The van der Waals surface area contributed by atoms with Gasteiger partial charge < -0.3 is 0 Å². The second-order valence-corrected chi connectivity index (χ2v) is 2.91. The minimum absolute atomic E-state index is 0.383. The van der Waals surface area contributed by atoms with E-state index in [-0.39, 0.29) is 0 Å². The van der Waals surface area contributed by atoms with Crippen molar-refractivity contribution < 1.29 is 0 Å². The summed E-state index contributed by atoms with van der Waals surface area (Å²) in [5.41, 5.74) is 8.20. The van der Waals surface area contributed by atoms with Gasteiger partial charge in [0.25, 0.3) is 0 Å². The quantitative estimate of drug-likeness (QED) is 0.596. The zero-order valence-electron chi connectivity index (χ0n) is 5.92. The Morgan fingerprint density at radius 3 is 2.90 bits per heavy atom. The molecule has 0 aliphatic carbocycles. The summed E-state index contributed by atoms with van der Waals surface area (Å²) < 4.78 is 0. The third-order valence-corrected chi connectivity index (χ3v) is 2.06. The van der Waals surface area contributed by atoms with E-state index in [1.165, 1.54) is 4.90 Å². The molecule has 0 spiro atoms. The summed E-state index contributed by atoms with van der Waals surface area (Å²) in [6, 6.07) is 8.09. The average molecular weight is 152 g/mol. The van der Waals surface area contributed by atoms with Crippen molar-refractivity contribution >= 4 is 11.8 Å². The Labute approximate surface area is 65.6 Å². The first kappa shape index (κ1) is 7.63. The minimum atomic E-state index is 0.383. The predicted molar refractivity (Wildman–Crippen MR) is 45.0 cm³/mol. The Balaban J connectivity index is 2.87. The maximum atomic E-state index is 7.11. The molecule has 1 radical (unpaired) electrons. The summed E-state index contributed by atoms with van der Waals surface area (Å²) in [5, 5.41) is 0. The van der Waals surface area contributed by atoms with Gasteiger partial charge in [0, 0.05) is 11.4 Å². The first-order valence-electron chi connectivity index (χ1n) is 3.14. The molecular weight excluding hydrogens is 142 g/mol. The van der Waals surface area contributed by atoms with Crippen molar-refractivity contribution in [1.29, 1.82) is 0 Å². The van der Waals surface area contributed by atoms with E-state index in [4.69, 9.17) is 5.73 Å². The second-order valence-electron chi connectivity index (χ2n) is 2.03. The molecule has 2 heteroatoms. The number of hydrogen-bond donors (Lipinski definition) is 0. The van der Waals surface area contributed by atoms with Crippen LogP contribution in [0.3, 0.4) is 0 Å². The summed E-state index contributed by atoms with van der Waals surface area (Å²) in [5.74, 6) is 0. The molecule has 10 heavy (non-hydrogen) atoms. The van der Waals surface area contributed by atoms with Crippen LogP contribution < -0.4 is 5.73 Å². The molecule has 1 N–H and O–H groups in total. The van der Waals surface area contributed by atoms with Gasteiger partial charge in [0.1, 0.15) is 0 Å². The van der Waals surface area contributed by atoms with Crippen LogP contribution >= 0.6 is 11.8 Å². The SMILES string of the molecule is CSc1cccc(C[NH])c1. The number of benzene rings is 1. The molecule has 1 aromatic carbocycles. The first-order chi connectivity index (χ1) is 4.86. The highest BCUT2D eigenvalue weighted by Gasteiger charge is 1.90. The van der Waals surface area contributed by atoms with E-state index in [2.05, 4.69) is 12.1 Å². The van der Waals surface area contributed by atoms with E-state index in [9.17, 15) is 0 Å². The highest BCUT2D eigenvalue weighted by molar-refractivity contribution is 7.98. The molecule has 1 nitrogen and oxygen atoms in total. The summed E-state index contributed by atoms with van der Waals surface area (Å²) in [7, 11) is 0. The Morgan fingerprint density at radius 1 is 1.50 bits per heavy atom. The van der Waals surface area contributed by atoms with Gasteiger partial charge >= 0.3 is 0 Å². The fraction of sp³-hybridized carbons (Fsp3) is 0.250. The zero-order valence-corrected chi connectivity index (χ0v) is 6.74. The number of rotatable bonds is 2. The molecule has 0 atom stereocenters. The van der Waals surface area contributed by atoms with Crippen LogP contribution in [0.2, 0.25) is 0 Å². The Morgan fingerprint density at radius 2 is 2.30 bits per heavy atom. The molecule has 0 amide bonds. The topological polar surface area (TPSA) is 23.8 Å². The van der Waals surface area contributed by atoms with Crippen LogP contribution in [-0.2, 0) is 6.54 Å². The second kappa shape index (κ2) is 3.64. The van der Waals surface area contributed by atoms with E-state index in [0.29, 0.717) is 6.54 Å². The molecule has 0 unspecified atom stereocenters. The lowest BCUT2D eigenvalue weighted by Gasteiger charge is -1.97.